The first-order valence-electron chi connectivity index (χ1n) is 6.83. The Morgan fingerprint density at radius 1 is 1.05 bits per heavy atom. The lowest BCUT2D eigenvalue weighted by Gasteiger charge is -2.10. The molecule has 0 aliphatic rings. The van der Waals surface area contributed by atoms with Crippen LogP contribution in [0.2, 0.25) is 0 Å². The quantitative estimate of drug-likeness (QED) is 0.791. The van der Waals surface area contributed by atoms with Gasteiger partial charge < -0.3 is 9.47 Å². The third-order valence-electron chi connectivity index (χ3n) is 2.43. The largest absolute Gasteiger partial charge is 0.466 e. The van der Waals surface area contributed by atoms with Crippen molar-refractivity contribution in [3.63, 3.8) is 0 Å². The summed E-state index contributed by atoms with van der Waals surface area (Å²) in [5.74, 6) is -0.0927. The van der Waals surface area contributed by atoms with Gasteiger partial charge in [-0.1, -0.05) is 32.0 Å². The van der Waals surface area contributed by atoms with Gasteiger partial charge in [-0.25, -0.2) is 4.79 Å². The van der Waals surface area contributed by atoms with Gasteiger partial charge in [0.15, 0.2) is 0 Å². The van der Waals surface area contributed by atoms with Crippen LogP contribution in [0.15, 0.2) is 24.3 Å². The molecule has 112 valence electrons. The zero-order valence-corrected chi connectivity index (χ0v) is 12.9. The molecule has 0 saturated heterocycles. The first-order valence-corrected chi connectivity index (χ1v) is 6.83. The van der Waals surface area contributed by atoms with E-state index in [2.05, 4.69) is 18.6 Å². The first kappa shape index (κ1) is 18.2. The summed E-state index contributed by atoms with van der Waals surface area (Å²) in [6.07, 6.45) is 0. The van der Waals surface area contributed by atoms with E-state index in [9.17, 15) is 9.59 Å². The van der Waals surface area contributed by atoms with Crippen molar-refractivity contribution in [2.24, 2.45) is 0 Å². The number of esters is 2. The normalized spacial score (nSPS) is 9.50. The summed E-state index contributed by atoms with van der Waals surface area (Å²) in [4.78, 5) is 21.4. The summed E-state index contributed by atoms with van der Waals surface area (Å²) in [5, 5.41) is 0. The van der Waals surface area contributed by atoms with E-state index in [0.29, 0.717) is 24.7 Å². The number of rotatable bonds is 4. The molecule has 4 heteroatoms. The third kappa shape index (κ3) is 6.92. The van der Waals surface area contributed by atoms with E-state index < -0.39 is 0 Å². The van der Waals surface area contributed by atoms with E-state index in [-0.39, 0.29) is 11.9 Å². The average molecular weight is 280 g/mol. The maximum atomic E-state index is 11.5. The molecule has 1 aromatic rings. The fourth-order valence-corrected chi connectivity index (χ4v) is 1.60. The number of benzene rings is 1. The van der Waals surface area contributed by atoms with Crippen LogP contribution in [0.1, 0.15) is 56.5 Å². The number of ether oxygens (including phenoxy) is 2. The smallest absolute Gasteiger partial charge is 0.338 e. The molecule has 1 rings (SSSR count). The minimum atomic E-state index is -0.225. The van der Waals surface area contributed by atoms with Crippen molar-refractivity contribution in [2.75, 3.05) is 13.2 Å². The van der Waals surface area contributed by atoms with E-state index in [1.807, 2.05) is 31.2 Å². The van der Waals surface area contributed by atoms with Crippen LogP contribution >= 0.6 is 0 Å². The molecule has 0 aliphatic heterocycles. The molecule has 0 amide bonds. The molecule has 0 aromatic heterocycles. The zero-order chi connectivity index (χ0) is 15.5. The monoisotopic (exact) mass is 280 g/mol. The molecule has 0 bridgehead atoms. The van der Waals surface area contributed by atoms with Crippen molar-refractivity contribution in [2.45, 2.75) is 40.5 Å². The summed E-state index contributed by atoms with van der Waals surface area (Å²) in [6, 6.07) is 7.58. The van der Waals surface area contributed by atoms with Crippen molar-refractivity contribution < 1.29 is 19.1 Å². The van der Waals surface area contributed by atoms with Crippen LogP contribution in [0.5, 0.6) is 0 Å². The molecular weight excluding hydrogens is 256 g/mol. The number of carbonyl (C=O) groups excluding carboxylic acids is 2. The van der Waals surface area contributed by atoms with Crippen molar-refractivity contribution in [1.82, 2.24) is 0 Å². The van der Waals surface area contributed by atoms with Crippen molar-refractivity contribution in [3.8, 4) is 0 Å². The average Bonchev–Trinajstić information content (AvgIpc) is 2.39. The van der Waals surface area contributed by atoms with Gasteiger partial charge in [0, 0.05) is 6.92 Å². The van der Waals surface area contributed by atoms with Crippen LogP contribution in [0.25, 0.3) is 0 Å². The van der Waals surface area contributed by atoms with Crippen LogP contribution in [-0.4, -0.2) is 25.2 Å². The Morgan fingerprint density at radius 2 is 1.60 bits per heavy atom. The number of hydrogen-bond acceptors (Lipinski definition) is 4. The van der Waals surface area contributed by atoms with Gasteiger partial charge in [0.05, 0.1) is 18.8 Å². The molecule has 4 nitrogen and oxygen atoms in total. The van der Waals surface area contributed by atoms with E-state index in [1.54, 1.807) is 6.92 Å². The predicted octanol–water partition coefficient (Wildman–Crippen LogP) is 3.56. The second-order valence-electron chi connectivity index (χ2n) is 4.39. The van der Waals surface area contributed by atoms with E-state index in [4.69, 9.17) is 4.74 Å². The highest BCUT2D eigenvalue weighted by Crippen LogP contribution is 2.19. The fourth-order valence-electron chi connectivity index (χ4n) is 1.60. The highest BCUT2D eigenvalue weighted by Gasteiger charge is 2.13. The fraction of sp³-hybridized carbons (Fsp3) is 0.500. The van der Waals surface area contributed by atoms with Crippen LogP contribution < -0.4 is 0 Å². The van der Waals surface area contributed by atoms with Gasteiger partial charge in [-0.3, -0.25) is 4.79 Å². The lowest BCUT2D eigenvalue weighted by atomic mass is 9.97. The van der Waals surface area contributed by atoms with Gasteiger partial charge in [0.2, 0.25) is 0 Å². The Bertz CT molecular complexity index is 424. The predicted molar refractivity (Wildman–Crippen MR) is 78.8 cm³/mol. The highest BCUT2D eigenvalue weighted by atomic mass is 16.5. The second kappa shape index (κ2) is 10.0. The van der Waals surface area contributed by atoms with Crippen LogP contribution in [0.4, 0.5) is 0 Å². The molecule has 0 radical (unpaired) electrons. The van der Waals surface area contributed by atoms with Crippen LogP contribution in [-0.2, 0) is 14.3 Å². The Balaban J connectivity index is 0.000000511. The molecule has 0 N–H and O–H groups in total. The summed E-state index contributed by atoms with van der Waals surface area (Å²) in [5.41, 5.74) is 1.73. The standard InChI is InChI=1S/C12H16O2.C4H8O2/c1-4-14-12(13)11-8-6-5-7-10(11)9(2)3;1-3-6-4(2)5/h5-9H,4H2,1-3H3;3H2,1-2H3. The molecule has 1 aromatic carbocycles. The van der Waals surface area contributed by atoms with Crippen molar-refractivity contribution >= 4 is 11.9 Å². The van der Waals surface area contributed by atoms with E-state index in [1.165, 1.54) is 6.92 Å². The van der Waals surface area contributed by atoms with Gasteiger partial charge in [-0.2, -0.15) is 0 Å². The van der Waals surface area contributed by atoms with Gasteiger partial charge in [-0.05, 0) is 31.4 Å². The lowest BCUT2D eigenvalue weighted by Crippen LogP contribution is -2.08. The Hall–Kier alpha value is -1.84. The Labute approximate surface area is 121 Å². The molecule has 0 aliphatic carbocycles. The SMILES string of the molecule is CCOC(=O)c1ccccc1C(C)C.CCOC(C)=O. The van der Waals surface area contributed by atoms with E-state index in [0.717, 1.165) is 5.56 Å². The van der Waals surface area contributed by atoms with Gasteiger partial charge in [-0.15, -0.1) is 0 Å². The second-order valence-corrected chi connectivity index (χ2v) is 4.39. The topological polar surface area (TPSA) is 52.6 Å². The lowest BCUT2D eigenvalue weighted by molar-refractivity contribution is -0.140. The third-order valence-corrected chi connectivity index (χ3v) is 2.43. The summed E-state index contributed by atoms with van der Waals surface area (Å²) < 4.78 is 9.38. The summed E-state index contributed by atoms with van der Waals surface area (Å²) in [7, 11) is 0. The van der Waals surface area contributed by atoms with E-state index >= 15 is 0 Å². The molecule has 0 spiro atoms. The molecule has 0 heterocycles. The van der Waals surface area contributed by atoms with Crippen LogP contribution in [0.3, 0.4) is 0 Å². The van der Waals surface area contributed by atoms with Crippen molar-refractivity contribution in [1.29, 1.82) is 0 Å². The number of carbonyl (C=O) groups is 2. The molecular formula is C16H24O4. The van der Waals surface area contributed by atoms with Crippen molar-refractivity contribution in [3.05, 3.63) is 35.4 Å². The molecule has 20 heavy (non-hydrogen) atoms. The maximum absolute atomic E-state index is 11.5. The molecule has 0 saturated carbocycles. The van der Waals surface area contributed by atoms with Gasteiger partial charge in [0.25, 0.3) is 0 Å². The maximum Gasteiger partial charge on any atom is 0.338 e. The number of hydrogen-bond donors (Lipinski definition) is 0. The van der Waals surface area contributed by atoms with Gasteiger partial charge >= 0.3 is 11.9 Å². The molecule has 0 atom stereocenters. The summed E-state index contributed by atoms with van der Waals surface area (Å²) in [6.45, 7) is 10.0. The molecule has 0 fully saturated rings. The van der Waals surface area contributed by atoms with Crippen LogP contribution in [0, 0.1) is 0 Å². The Morgan fingerprint density at radius 3 is 2.00 bits per heavy atom. The van der Waals surface area contributed by atoms with Gasteiger partial charge in [0.1, 0.15) is 0 Å². The highest BCUT2D eigenvalue weighted by molar-refractivity contribution is 5.91. The Kier molecular flexibility index (Phi) is 9.09. The first-order chi connectivity index (χ1) is 9.43. The summed E-state index contributed by atoms with van der Waals surface area (Å²) >= 11 is 0. The minimum absolute atomic E-state index is 0.211. The molecule has 0 unspecified atom stereocenters. The zero-order valence-electron chi connectivity index (χ0n) is 12.9. The minimum Gasteiger partial charge on any atom is -0.466 e.